The third-order valence-electron chi connectivity index (χ3n) is 2.42. The number of ether oxygens (including phenoxy) is 1. The quantitative estimate of drug-likeness (QED) is 0.672. The average molecular weight is 157 g/mol. The van der Waals surface area contributed by atoms with Crippen LogP contribution in [0, 0.1) is 11.3 Å². The molecule has 0 spiro atoms. The van der Waals surface area contributed by atoms with E-state index < -0.39 is 0 Å². The zero-order valence-electron chi connectivity index (χ0n) is 7.60. The van der Waals surface area contributed by atoms with E-state index in [1.807, 2.05) is 0 Å². The van der Waals surface area contributed by atoms with Gasteiger partial charge in [0.2, 0.25) is 0 Å². The zero-order valence-corrected chi connectivity index (χ0v) is 7.60. The van der Waals surface area contributed by atoms with Gasteiger partial charge in [-0.2, -0.15) is 0 Å². The fraction of sp³-hybridized carbons (Fsp3) is 1.00. The molecule has 0 aliphatic carbocycles. The predicted octanol–water partition coefficient (Wildman–Crippen LogP) is 1.40. The maximum atomic E-state index is 5.64. The number of rotatable bonds is 3. The standard InChI is InChI=1S/C9H19NO/c1-9(2,7-10)5-8-3-4-11-6-8/h8H,3-7,10H2,1-2H3. The van der Waals surface area contributed by atoms with Gasteiger partial charge in [-0.1, -0.05) is 13.8 Å². The van der Waals surface area contributed by atoms with E-state index in [9.17, 15) is 0 Å². The van der Waals surface area contributed by atoms with Crippen molar-refractivity contribution in [1.29, 1.82) is 0 Å². The van der Waals surface area contributed by atoms with Gasteiger partial charge < -0.3 is 10.5 Å². The Hall–Kier alpha value is -0.0800. The Kier molecular flexibility index (Phi) is 2.90. The van der Waals surface area contributed by atoms with Crippen molar-refractivity contribution in [2.45, 2.75) is 26.7 Å². The van der Waals surface area contributed by atoms with Crippen LogP contribution in [0.5, 0.6) is 0 Å². The van der Waals surface area contributed by atoms with Crippen molar-refractivity contribution < 1.29 is 4.74 Å². The summed E-state index contributed by atoms with van der Waals surface area (Å²) in [5.74, 6) is 0.758. The van der Waals surface area contributed by atoms with E-state index >= 15 is 0 Å². The Balaban J connectivity index is 2.28. The minimum Gasteiger partial charge on any atom is -0.381 e. The normalized spacial score (nSPS) is 25.9. The van der Waals surface area contributed by atoms with Gasteiger partial charge in [-0.15, -0.1) is 0 Å². The molecule has 11 heavy (non-hydrogen) atoms. The molecule has 0 aromatic carbocycles. The van der Waals surface area contributed by atoms with Crippen LogP contribution in [0.4, 0.5) is 0 Å². The molecule has 0 amide bonds. The first-order valence-corrected chi connectivity index (χ1v) is 4.42. The average Bonchev–Trinajstić information content (AvgIpc) is 2.39. The summed E-state index contributed by atoms with van der Waals surface area (Å²) in [5, 5.41) is 0. The molecule has 66 valence electrons. The second-order valence-corrected chi connectivity index (χ2v) is 4.30. The Labute approximate surface area is 69.1 Å². The monoisotopic (exact) mass is 157 g/mol. The first kappa shape index (κ1) is 9.01. The molecule has 0 saturated carbocycles. The molecular formula is C9H19NO. The van der Waals surface area contributed by atoms with Crippen LogP contribution in [0.15, 0.2) is 0 Å². The molecule has 1 heterocycles. The van der Waals surface area contributed by atoms with Gasteiger partial charge >= 0.3 is 0 Å². The van der Waals surface area contributed by atoms with Crippen molar-refractivity contribution in [3.8, 4) is 0 Å². The van der Waals surface area contributed by atoms with Crippen molar-refractivity contribution in [2.24, 2.45) is 17.1 Å². The van der Waals surface area contributed by atoms with Gasteiger partial charge in [0.05, 0.1) is 0 Å². The van der Waals surface area contributed by atoms with E-state index in [2.05, 4.69) is 13.8 Å². The lowest BCUT2D eigenvalue weighted by molar-refractivity contribution is 0.171. The summed E-state index contributed by atoms with van der Waals surface area (Å²) >= 11 is 0. The van der Waals surface area contributed by atoms with Crippen LogP contribution >= 0.6 is 0 Å². The number of hydrogen-bond donors (Lipinski definition) is 1. The van der Waals surface area contributed by atoms with Crippen LogP contribution in [0.2, 0.25) is 0 Å². The third-order valence-corrected chi connectivity index (χ3v) is 2.42. The van der Waals surface area contributed by atoms with Gasteiger partial charge in [-0.25, -0.2) is 0 Å². The number of nitrogens with two attached hydrogens (primary N) is 1. The summed E-state index contributed by atoms with van der Waals surface area (Å²) in [6.07, 6.45) is 2.44. The lowest BCUT2D eigenvalue weighted by Crippen LogP contribution is -2.26. The Morgan fingerprint density at radius 3 is 2.73 bits per heavy atom. The number of hydrogen-bond acceptors (Lipinski definition) is 2. The minimum absolute atomic E-state index is 0.304. The van der Waals surface area contributed by atoms with Crippen LogP contribution in [-0.2, 0) is 4.74 Å². The highest BCUT2D eigenvalue weighted by molar-refractivity contribution is 4.76. The smallest absolute Gasteiger partial charge is 0.0495 e. The summed E-state index contributed by atoms with van der Waals surface area (Å²) in [6.45, 7) is 7.13. The summed E-state index contributed by atoms with van der Waals surface area (Å²) in [4.78, 5) is 0. The largest absolute Gasteiger partial charge is 0.381 e. The molecule has 0 aromatic rings. The molecule has 1 fully saturated rings. The van der Waals surface area contributed by atoms with Crippen LogP contribution < -0.4 is 5.73 Å². The van der Waals surface area contributed by atoms with E-state index in [-0.39, 0.29) is 0 Å². The van der Waals surface area contributed by atoms with Gasteiger partial charge in [-0.3, -0.25) is 0 Å². The van der Waals surface area contributed by atoms with Gasteiger partial charge in [0.15, 0.2) is 0 Å². The molecule has 0 bridgehead atoms. The molecule has 2 heteroatoms. The van der Waals surface area contributed by atoms with Crippen LogP contribution in [0.1, 0.15) is 26.7 Å². The van der Waals surface area contributed by atoms with E-state index in [4.69, 9.17) is 10.5 Å². The second kappa shape index (κ2) is 3.55. The van der Waals surface area contributed by atoms with Crippen molar-refractivity contribution in [2.75, 3.05) is 19.8 Å². The molecule has 1 aliphatic rings. The van der Waals surface area contributed by atoms with E-state index in [0.717, 1.165) is 25.7 Å². The molecule has 2 N–H and O–H groups in total. The highest BCUT2D eigenvalue weighted by Gasteiger charge is 2.24. The molecule has 2 nitrogen and oxygen atoms in total. The fourth-order valence-electron chi connectivity index (χ4n) is 1.61. The molecule has 0 aromatic heterocycles. The topological polar surface area (TPSA) is 35.2 Å². The van der Waals surface area contributed by atoms with Crippen molar-refractivity contribution in [3.05, 3.63) is 0 Å². The predicted molar refractivity (Wildman–Crippen MR) is 46.4 cm³/mol. The van der Waals surface area contributed by atoms with Gasteiger partial charge in [0, 0.05) is 13.2 Å². The highest BCUT2D eigenvalue weighted by atomic mass is 16.5. The molecule has 1 atom stereocenters. The van der Waals surface area contributed by atoms with Crippen LogP contribution in [0.3, 0.4) is 0 Å². The maximum Gasteiger partial charge on any atom is 0.0495 e. The summed E-state index contributed by atoms with van der Waals surface area (Å²) in [5.41, 5.74) is 5.95. The SMILES string of the molecule is CC(C)(CN)CC1CCOC1. The van der Waals surface area contributed by atoms with Gasteiger partial charge in [0.25, 0.3) is 0 Å². The first-order chi connectivity index (χ1) is 5.14. The lowest BCUT2D eigenvalue weighted by Gasteiger charge is -2.25. The Bertz CT molecular complexity index is 117. The highest BCUT2D eigenvalue weighted by Crippen LogP contribution is 2.28. The van der Waals surface area contributed by atoms with E-state index in [1.165, 1.54) is 12.8 Å². The van der Waals surface area contributed by atoms with Crippen molar-refractivity contribution >= 4 is 0 Å². The first-order valence-electron chi connectivity index (χ1n) is 4.42. The Morgan fingerprint density at radius 2 is 2.27 bits per heavy atom. The summed E-state index contributed by atoms with van der Waals surface area (Å²) in [6, 6.07) is 0. The summed E-state index contributed by atoms with van der Waals surface area (Å²) in [7, 11) is 0. The molecule has 0 radical (unpaired) electrons. The molecule has 1 saturated heterocycles. The third kappa shape index (κ3) is 2.80. The second-order valence-electron chi connectivity index (χ2n) is 4.30. The minimum atomic E-state index is 0.304. The Morgan fingerprint density at radius 1 is 1.55 bits per heavy atom. The van der Waals surface area contributed by atoms with E-state index in [0.29, 0.717) is 5.41 Å². The fourth-order valence-corrected chi connectivity index (χ4v) is 1.61. The van der Waals surface area contributed by atoms with Crippen LogP contribution in [-0.4, -0.2) is 19.8 Å². The van der Waals surface area contributed by atoms with Gasteiger partial charge in [-0.05, 0) is 30.7 Å². The molecule has 1 unspecified atom stereocenters. The van der Waals surface area contributed by atoms with E-state index in [1.54, 1.807) is 0 Å². The van der Waals surface area contributed by atoms with Crippen molar-refractivity contribution in [1.82, 2.24) is 0 Å². The van der Waals surface area contributed by atoms with Gasteiger partial charge in [0.1, 0.15) is 0 Å². The molecule has 1 aliphatic heterocycles. The van der Waals surface area contributed by atoms with Crippen molar-refractivity contribution in [3.63, 3.8) is 0 Å². The lowest BCUT2D eigenvalue weighted by atomic mass is 9.82. The summed E-state index contributed by atoms with van der Waals surface area (Å²) < 4.78 is 5.31. The zero-order chi connectivity index (χ0) is 8.32. The molecular weight excluding hydrogens is 138 g/mol. The maximum absolute atomic E-state index is 5.64. The van der Waals surface area contributed by atoms with Crippen LogP contribution in [0.25, 0.3) is 0 Å². The molecule has 1 rings (SSSR count).